The van der Waals surface area contributed by atoms with E-state index in [4.69, 9.17) is 9.47 Å². The van der Waals surface area contributed by atoms with E-state index < -0.39 is 42.5 Å². The van der Waals surface area contributed by atoms with Crippen LogP contribution >= 0.6 is 0 Å². The van der Waals surface area contributed by atoms with Crippen LogP contribution in [0, 0.1) is 0 Å². The maximum Gasteiger partial charge on any atom is 0.326 e. The SMILES string of the molecule is COc1ccc(NC(=O)COC(=O)CN2C(=O)NC(C)(C)C2=O)cc1. The number of methoxy groups -OCH3 is 1. The molecule has 0 spiro atoms. The monoisotopic (exact) mass is 349 g/mol. The molecule has 0 unspecified atom stereocenters. The number of nitrogens with one attached hydrogen (secondary N) is 2. The number of benzene rings is 1. The van der Waals surface area contributed by atoms with Crippen molar-refractivity contribution in [2.24, 2.45) is 0 Å². The van der Waals surface area contributed by atoms with Crippen LogP contribution in [-0.4, -0.2) is 54.5 Å². The number of hydrogen-bond acceptors (Lipinski definition) is 6. The second-order valence-corrected chi connectivity index (χ2v) is 5.88. The molecule has 1 saturated heterocycles. The summed E-state index contributed by atoms with van der Waals surface area (Å²) in [7, 11) is 1.53. The molecule has 2 N–H and O–H groups in total. The van der Waals surface area contributed by atoms with Gasteiger partial charge < -0.3 is 20.1 Å². The summed E-state index contributed by atoms with van der Waals surface area (Å²) in [6, 6.07) is 5.93. The molecule has 0 radical (unpaired) electrons. The number of esters is 1. The van der Waals surface area contributed by atoms with E-state index in [2.05, 4.69) is 10.6 Å². The minimum Gasteiger partial charge on any atom is -0.497 e. The molecule has 4 amide bonds. The number of rotatable bonds is 6. The molecule has 1 aromatic rings. The first-order valence-corrected chi connectivity index (χ1v) is 7.46. The van der Waals surface area contributed by atoms with E-state index in [1.807, 2.05) is 0 Å². The van der Waals surface area contributed by atoms with E-state index >= 15 is 0 Å². The predicted molar refractivity (Wildman–Crippen MR) is 86.9 cm³/mol. The Hall–Kier alpha value is -3.10. The van der Waals surface area contributed by atoms with Crippen molar-refractivity contribution in [3.63, 3.8) is 0 Å². The van der Waals surface area contributed by atoms with Crippen LogP contribution in [0.1, 0.15) is 13.8 Å². The van der Waals surface area contributed by atoms with Gasteiger partial charge in [0.05, 0.1) is 7.11 Å². The largest absolute Gasteiger partial charge is 0.497 e. The van der Waals surface area contributed by atoms with Gasteiger partial charge in [0.15, 0.2) is 6.61 Å². The van der Waals surface area contributed by atoms with Gasteiger partial charge in [0.25, 0.3) is 11.8 Å². The number of nitrogens with zero attached hydrogens (tertiary/aromatic N) is 1. The van der Waals surface area contributed by atoms with Crippen molar-refractivity contribution < 1.29 is 28.7 Å². The number of carbonyl (C=O) groups excluding carboxylic acids is 4. The van der Waals surface area contributed by atoms with E-state index in [9.17, 15) is 19.2 Å². The van der Waals surface area contributed by atoms with Crippen molar-refractivity contribution in [2.45, 2.75) is 19.4 Å². The number of hydrogen-bond donors (Lipinski definition) is 2. The van der Waals surface area contributed by atoms with Gasteiger partial charge in [-0.2, -0.15) is 0 Å². The van der Waals surface area contributed by atoms with Crippen LogP contribution in [0.25, 0.3) is 0 Å². The topological polar surface area (TPSA) is 114 Å². The van der Waals surface area contributed by atoms with Crippen LogP contribution in [-0.2, 0) is 19.1 Å². The standard InChI is InChI=1S/C16H19N3O6/c1-16(2)14(22)19(15(23)18-16)8-13(21)25-9-12(20)17-10-4-6-11(24-3)7-5-10/h4-7H,8-9H2,1-3H3,(H,17,20)(H,18,23). The van der Waals surface area contributed by atoms with Crippen molar-refractivity contribution in [3.05, 3.63) is 24.3 Å². The number of carbonyl (C=O) groups is 4. The fourth-order valence-corrected chi connectivity index (χ4v) is 2.15. The molecule has 0 aromatic heterocycles. The summed E-state index contributed by atoms with van der Waals surface area (Å²) >= 11 is 0. The van der Waals surface area contributed by atoms with Crippen LogP contribution in [0.4, 0.5) is 10.5 Å². The molecule has 9 heteroatoms. The second-order valence-electron chi connectivity index (χ2n) is 5.88. The molecule has 2 rings (SSSR count). The zero-order valence-corrected chi connectivity index (χ0v) is 14.1. The lowest BCUT2D eigenvalue weighted by Crippen LogP contribution is -2.41. The molecule has 9 nitrogen and oxygen atoms in total. The molecule has 1 fully saturated rings. The van der Waals surface area contributed by atoms with E-state index in [1.54, 1.807) is 24.3 Å². The smallest absolute Gasteiger partial charge is 0.326 e. The fourth-order valence-electron chi connectivity index (χ4n) is 2.15. The highest BCUT2D eigenvalue weighted by atomic mass is 16.5. The lowest BCUT2D eigenvalue weighted by atomic mass is 10.1. The van der Waals surface area contributed by atoms with E-state index in [0.717, 1.165) is 4.90 Å². The Morgan fingerprint density at radius 3 is 2.36 bits per heavy atom. The van der Waals surface area contributed by atoms with Crippen molar-refractivity contribution >= 4 is 29.5 Å². The maximum absolute atomic E-state index is 11.9. The molecule has 1 aliphatic heterocycles. The molecule has 0 atom stereocenters. The third kappa shape index (κ3) is 4.46. The molecule has 1 aliphatic rings. The summed E-state index contributed by atoms with van der Waals surface area (Å²) in [4.78, 5) is 47.9. The summed E-state index contributed by atoms with van der Waals surface area (Å²) in [6.45, 7) is 1.98. The molecular weight excluding hydrogens is 330 g/mol. The first kappa shape index (κ1) is 18.2. The van der Waals surface area contributed by atoms with Gasteiger partial charge in [-0.25, -0.2) is 4.79 Å². The Morgan fingerprint density at radius 2 is 1.84 bits per heavy atom. The summed E-state index contributed by atoms with van der Waals surface area (Å²) in [5.41, 5.74) is -0.555. The molecular formula is C16H19N3O6. The third-order valence-electron chi connectivity index (χ3n) is 3.47. The first-order valence-electron chi connectivity index (χ1n) is 7.46. The molecule has 0 saturated carbocycles. The number of ether oxygens (including phenoxy) is 2. The van der Waals surface area contributed by atoms with Crippen LogP contribution in [0.3, 0.4) is 0 Å². The van der Waals surface area contributed by atoms with Crippen LogP contribution in [0.5, 0.6) is 5.75 Å². The summed E-state index contributed by atoms with van der Waals surface area (Å²) < 4.78 is 9.80. The average molecular weight is 349 g/mol. The van der Waals surface area contributed by atoms with Crippen LogP contribution < -0.4 is 15.4 Å². The minimum atomic E-state index is -1.07. The number of amides is 4. The molecule has 1 aromatic carbocycles. The average Bonchev–Trinajstić information content (AvgIpc) is 2.75. The Kier molecular flexibility index (Phi) is 5.26. The quantitative estimate of drug-likeness (QED) is 0.571. The highest BCUT2D eigenvalue weighted by Crippen LogP contribution is 2.16. The number of anilines is 1. The highest BCUT2D eigenvalue weighted by molar-refractivity contribution is 6.08. The van der Waals surface area contributed by atoms with Gasteiger partial charge in [-0.1, -0.05) is 0 Å². The molecule has 0 bridgehead atoms. The first-order chi connectivity index (χ1) is 11.7. The maximum atomic E-state index is 11.9. The van der Waals surface area contributed by atoms with Crippen molar-refractivity contribution in [2.75, 3.05) is 25.6 Å². The molecule has 0 aliphatic carbocycles. The Morgan fingerprint density at radius 1 is 1.20 bits per heavy atom. The summed E-state index contributed by atoms with van der Waals surface area (Å²) in [5, 5.41) is 4.99. The van der Waals surface area contributed by atoms with Crippen LogP contribution in [0.2, 0.25) is 0 Å². The highest BCUT2D eigenvalue weighted by Gasteiger charge is 2.45. The van der Waals surface area contributed by atoms with Crippen LogP contribution in [0.15, 0.2) is 24.3 Å². The van der Waals surface area contributed by atoms with E-state index in [0.29, 0.717) is 11.4 Å². The normalized spacial score (nSPS) is 15.6. The van der Waals surface area contributed by atoms with E-state index in [1.165, 1.54) is 21.0 Å². The van der Waals surface area contributed by atoms with Gasteiger partial charge in [0, 0.05) is 5.69 Å². The zero-order valence-electron chi connectivity index (χ0n) is 14.1. The van der Waals surface area contributed by atoms with Gasteiger partial charge in [-0.3, -0.25) is 19.3 Å². The van der Waals surface area contributed by atoms with Gasteiger partial charge in [-0.15, -0.1) is 0 Å². The minimum absolute atomic E-state index is 0.512. The third-order valence-corrected chi connectivity index (χ3v) is 3.47. The van der Waals surface area contributed by atoms with Gasteiger partial charge >= 0.3 is 12.0 Å². The Labute approximate surface area is 144 Å². The van der Waals surface area contributed by atoms with Crippen molar-refractivity contribution in [1.82, 2.24) is 10.2 Å². The van der Waals surface area contributed by atoms with Crippen molar-refractivity contribution in [3.8, 4) is 5.75 Å². The van der Waals surface area contributed by atoms with E-state index in [-0.39, 0.29) is 0 Å². The predicted octanol–water partition coefficient (Wildman–Crippen LogP) is 0.507. The fraction of sp³-hybridized carbons (Fsp3) is 0.375. The van der Waals surface area contributed by atoms with Gasteiger partial charge in [0.1, 0.15) is 17.8 Å². The molecule has 1 heterocycles. The molecule has 25 heavy (non-hydrogen) atoms. The molecule has 134 valence electrons. The van der Waals surface area contributed by atoms with Gasteiger partial charge in [-0.05, 0) is 38.1 Å². The Bertz CT molecular complexity index is 698. The second kappa shape index (κ2) is 7.20. The summed E-state index contributed by atoms with van der Waals surface area (Å²) in [5.74, 6) is -1.29. The number of imide groups is 1. The van der Waals surface area contributed by atoms with Crippen molar-refractivity contribution in [1.29, 1.82) is 0 Å². The summed E-state index contributed by atoms with van der Waals surface area (Å²) in [6.07, 6.45) is 0. The van der Waals surface area contributed by atoms with Gasteiger partial charge in [0.2, 0.25) is 0 Å². The number of urea groups is 1. The zero-order chi connectivity index (χ0) is 18.6. The Balaban J connectivity index is 1.80. The lowest BCUT2D eigenvalue weighted by molar-refractivity contribution is -0.150. The lowest BCUT2D eigenvalue weighted by Gasteiger charge is -2.15.